The van der Waals surface area contributed by atoms with Crippen molar-refractivity contribution in [3.05, 3.63) is 29.8 Å². The second-order valence-electron chi connectivity index (χ2n) is 4.65. The molecule has 1 fully saturated rings. The lowest BCUT2D eigenvalue weighted by Gasteiger charge is -2.10. The Bertz CT molecular complexity index is 456. The smallest absolute Gasteiger partial charge is 0.234 e. The molecule has 1 aromatic carbocycles. The van der Waals surface area contributed by atoms with E-state index < -0.39 is 11.9 Å². The van der Waals surface area contributed by atoms with E-state index in [0.29, 0.717) is 13.0 Å². The summed E-state index contributed by atoms with van der Waals surface area (Å²) in [5.74, 6) is -0.681. The van der Waals surface area contributed by atoms with Gasteiger partial charge in [-0.2, -0.15) is 0 Å². The number of hydrogen-bond donors (Lipinski definition) is 3. The summed E-state index contributed by atoms with van der Waals surface area (Å²) in [6, 6.07) is 7.21. The van der Waals surface area contributed by atoms with Crippen LogP contribution in [0.2, 0.25) is 0 Å². The summed E-state index contributed by atoms with van der Waals surface area (Å²) in [7, 11) is 0. The van der Waals surface area contributed by atoms with Gasteiger partial charge in [0.1, 0.15) is 0 Å². The number of aryl methyl sites for hydroxylation is 1. The van der Waals surface area contributed by atoms with Crippen molar-refractivity contribution in [1.82, 2.24) is 5.32 Å². The van der Waals surface area contributed by atoms with Crippen molar-refractivity contribution >= 4 is 17.5 Å². The Morgan fingerprint density at radius 2 is 2.00 bits per heavy atom. The van der Waals surface area contributed by atoms with Gasteiger partial charge in [-0.05, 0) is 25.5 Å². The van der Waals surface area contributed by atoms with Gasteiger partial charge >= 0.3 is 0 Å². The average molecular weight is 247 g/mol. The van der Waals surface area contributed by atoms with Gasteiger partial charge in [0.05, 0.1) is 12.0 Å². The zero-order valence-electron chi connectivity index (χ0n) is 10.3. The number of rotatable bonds is 3. The molecule has 0 spiro atoms. The van der Waals surface area contributed by atoms with Gasteiger partial charge in [0.25, 0.3) is 0 Å². The third-order valence-corrected chi connectivity index (χ3v) is 3.16. The van der Waals surface area contributed by atoms with E-state index in [0.717, 1.165) is 11.3 Å². The average Bonchev–Trinajstić information content (AvgIpc) is 2.81. The number of amides is 2. The number of carbonyl (C=O) groups is 2. The Labute approximate surface area is 106 Å². The second-order valence-corrected chi connectivity index (χ2v) is 4.65. The highest BCUT2D eigenvalue weighted by atomic mass is 16.2. The minimum absolute atomic E-state index is 0.0740. The van der Waals surface area contributed by atoms with Crippen LogP contribution in [0, 0.1) is 12.8 Å². The molecule has 2 unspecified atom stereocenters. The van der Waals surface area contributed by atoms with Gasteiger partial charge in [-0.3, -0.25) is 9.59 Å². The van der Waals surface area contributed by atoms with Crippen molar-refractivity contribution in [1.29, 1.82) is 0 Å². The van der Waals surface area contributed by atoms with Gasteiger partial charge in [0, 0.05) is 12.2 Å². The van der Waals surface area contributed by atoms with Gasteiger partial charge < -0.3 is 16.4 Å². The Kier molecular flexibility index (Phi) is 3.62. The van der Waals surface area contributed by atoms with Crippen LogP contribution in [0.3, 0.4) is 0 Å². The first-order valence-electron chi connectivity index (χ1n) is 5.96. The van der Waals surface area contributed by atoms with E-state index >= 15 is 0 Å². The molecule has 1 heterocycles. The highest BCUT2D eigenvalue weighted by Gasteiger charge is 2.32. The first-order chi connectivity index (χ1) is 8.56. The fourth-order valence-electron chi connectivity index (χ4n) is 2.03. The SMILES string of the molecule is Cc1ccc(NC(=O)C2CNC(C(N)=O)C2)cc1. The van der Waals surface area contributed by atoms with Crippen LogP contribution in [0.15, 0.2) is 24.3 Å². The summed E-state index contributed by atoms with van der Waals surface area (Å²) in [5.41, 5.74) is 7.11. The molecule has 0 saturated carbocycles. The number of nitrogens with two attached hydrogens (primary N) is 1. The molecule has 0 aliphatic carbocycles. The Morgan fingerprint density at radius 3 is 2.56 bits per heavy atom. The molecule has 0 aromatic heterocycles. The van der Waals surface area contributed by atoms with Gasteiger partial charge in [-0.1, -0.05) is 17.7 Å². The van der Waals surface area contributed by atoms with E-state index in [9.17, 15) is 9.59 Å². The van der Waals surface area contributed by atoms with E-state index in [1.54, 1.807) is 0 Å². The van der Waals surface area contributed by atoms with Crippen molar-refractivity contribution in [2.24, 2.45) is 11.7 Å². The second kappa shape index (κ2) is 5.18. The fourth-order valence-corrected chi connectivity index (χ4v) is 2.03. The van der Waals surface area contributed by atoms with Crippen LogP contribution in [-0.2, 0) is 9.59 Å². The molecular formula is C13H17N3O2. The van der Waals surface area contributed by atoms with Crippen LogP contribution in [-0.4, -0.2) is 24.4 Å². The highest BCUT2D eigenvalue weighted by Crippen LogP contribution is 2.17. The van der Waals surface area contributed by atoms with Gasteiger partial charge in [0.2, 0.25) is 11.8 Å². The van der Waals surface area contributed by atoms with Crippen LogP contribution in [0.4, 0.5) is 5.69 Å². The lowest BCUT2D eigenvalue weighted by molar-refractivity contribution is -0.120. The molecule has 2 amide bonds. The molecule has 0 bridgehead atoms. The summed E-state index contributed by atoms with van der Waals surface area (Å²) >= 11 is 0. The number of hydrogen-bond acceptors (Lipinski definition) is 3. The Morgan fingerprint density at radius 1 is 1.33 bits per heavy atom. The van der Waals surface area contributed by atoms with Crippen LogP contribution in [0.25, 0.3) is 0 Å². The zero-order chi connectivity index (χ0) is 13.1. The van der Waals surface area contributed by atoms with Crippen molar-refractivity contribution < 1.29 is 9.59 Å². The molecule has 1 aromatic rings. The fraction of sp³-hybridized carbons (Fsp3) is 0.385. The molecule has 1 aliphatic heterocycles. The summed E-state index contributed by atoms with van der Waals surface area (Å²) in [5, 5.41) is 5.79. The molecule has 18 heavy (non-hydrogen) atoms. The van der Waals surface area contributed by atoms with Gasteiger partial charge in [-0.15, -0.1) is 0 Å². The van der Waals surface area contributed by atoms with E-state index in [1.165, 1.54) is 0 Å². The number of benzene rings is 1. The van der Waals surface area contributed by atoms with E-state index in [4.69, 9.17) is 5.73 Å². The molecule has 1 aliphatic rings. The lowest BCUT2D eigenvalue weighted by Crippen LogP contribution is -2.36. The summed E-state index contributed by atoms with van der Waals surface area (Å²) in [6.07, 6.45) is 0.465. The molecule has 1 saturated heterocycles. The molecule has 5 nitrogen and oxygen atoms in total. The molecule has 2 atom stereocenters. The first-order valence-corrected chi connectivity index (χ1v) is 5.96. The first kappa shape index (κ1) is 12.6. The summed E-state index contributed by atoms with van der Waals surface area (Å²) in [6.45, 7) is 2.48. The van der Waals surface area contributed by atoms with Crippen molar-refractivity contribution in [2.75, 3.05) is 11.9 Å². The predicted molar refractivity (Wildman–Crippen MR) is 68.9 cm³/mol. The maximum absolute atomic E-state index is 12.0. The highest BCUT2D eigenvalue weighted by molar-refractivity contribution is 5.94. The molecule has 96 valence electrons. The summed E-state index contributed by atoms with van der Waals surface area (Å²) in [4.78, 5) is 23.0. The minimum Gasteiger partial charge on any atom is -0.368 e. The van der Waals surface area contributed by atoms with E-state index in [1.807, 2.05) is 31.2 Å². The third-order valence-electron chi connectivity index (χ3n) is 3.16. The largest absolute Gasteiger partial charge is 0.368 e. The molecule has 0 radical (unpaired) electrons. The van der Waals surface area contributed by atoms with E-state index in [2.05, 4.69) is 10.6 Å². The standard InChI is InChI=1S/C13H17N3O2/c1-8-2-4-10(5-3-8)16-13(18)9-6-11(12(14)17)15-7-9/h2-5,9,11,15H,6-7H2,1H3,(H2,14,17)(H,16,18). The predicted octanol–water partition coefficient (Wildman–Crippen LogP) is 0.397. The van der Waals surface area contributed by atoms with Crippen LogP contribution in [0.1, 0.15) is 12.0 Å². The number of carbonyl (C=O) groups excluding carboxylic acids is 2. The lowest BCUT2D eigenvalue weighted by atomic mass is 10.0. The van der Waals surface area contributed by atoms with Gasteiger partial charge in [0.15, 0.2) is 0 Å². The topological polar surface area (TPSA) is 84.2 Å². The Hall–Kier alpha value is -1.88. The van der Waals surface area contributed by atoms with Crippen molar-refractivity contribution in [3.8, 4) is 0 Å². The normalized spacial score (nSPS) is 22.7. The molecular weight excluding hydrogens is 230 g/mol. The molecule has 4 N–H and O–H groups in total. The monoisotopic (exact) mass is 247 g/mol. The number of primary amides is 1. The summed E-state index contributed by atoms with van der Waals surface area (Å²) < 4.78 is 0. The molecule has 2 rings (SSSR count). The van der Waals surface area contributed by atoms with Gasteiger partial charge in [-0.25, -0.2) is 0 Å². The quantitative estimate of drug-likeness (QED) is 0.722. The molecule has 5 heteroatoms. The van der Waals surface area contributed by atoms with Crippen LogP contribution < -0.4 is 16.4 Å². The van der Waals surface area contributed by atoms with E-state index in [-0.39, 0.29) is 11.8 Å². The van der Waals surface area contributed by atoms with Crippen molar-refractivity contribution in [2.45, 2.75) is 19.4 Å². The van der Waals surface area contributed by atoms with Crippen LogP contribution in [0.5, 0.6) is 0 Å². The zero-order valence-corrected chi connectivity index (χ0v) is 10.3. The van der Waals surface area contributed by atoms with Crippen LogP contribution >= 0.6 is 0 Å². The number of anilines is 1. The Balaban J connectivity index is 1.93. The maximum Gasteiger partial charge on any atom is 0.234 e. The third kappa shape index (κ3) is 2.87. The maximum atomic E-state index is 12.0. The van der Waals surface area contributed by atoms with Crippen molar-refractivity contribution in [3.63, 3.8) is 0 Å². The number of nitrogens with one attached hydrogen (secondary N) is 2. The minimum atomic E-state index is -0.402.